The molecule has 0 spiro atoms. The first-order valence-corrected chi connectivity index (χ1v) is 9.46. The standard InChI is InChI=1S/C19H27F3O6/c1-4-16(2,3)14(24)26-9-10-27-15(25)17-5-7-18(12-17,8-6-17)28-13(23)11-19(20,21)22/h4-12H2,1-3H3. The Labute approximate surface area is 162 Å². The number of carbonyl (C=O) groups excluding carboxylic acids is 3. The van der Waals surface area contributed by atoms with E-state index in [-0.39, 0.29) is 25.6 Å². The minimum Gasteiger partial charge on any atom is -0.462 e. The van der Waals surface area contributed by atoms with Gasteiger partial charge in [0.05, 0.1) is 10.8 Å². The summed E-state index contributed by atoms with van der Waals surface area (Å²) in [6.07, 6.45) is -4.00. The van der Waals surface area contributed by atoms with Gasteiger partial charge in [-0.25, -0.2) is 0 Å². The molecule has 9 heteroatoms. The van der Waals surface area contributed by atoms with Gasteiger partial charge in [0.1, 0.15) is 25.2 Å². The van der Waals surface area contributed by atoms with Gasteiger partial charge in [0, 0.05) is 6.42 Å². The summed E-state index contributed by atoms with van der Waals surface area (Å²) in [6, 6.07) is 0. The summed E-state index contributed by atoms with van der Waals surface area (Å²) in [5, 5.41) is 0. The van der Waals surface area contributed by atoms with Gasteiger partial charge >= 0.3 is 24.1 Å². The molecule has 0 radical (unpaired) electrons. The van der Waals surface area contributed by atoms with Gasteiger partial charge in [0.2, 0.25) is 0 Å². The van der Waals surface area contributed by atoms with Crippen molar-refractivity contribution in [2.75, 3.05) is 13.2 Å². The van der Waals surface area contributed by atoms with Crippen molar-refractivity contribution in [3.8, 4) is 0 Å². The van der Waals surface area contributed by atoms with Gasteiger partial charge in [0.25, 0.3) is 0 Å². The minimum atomic E-state index is -4.62. The van der Waals surface area contributed by atoms with E-state index in [0.29, 0.717) is 32.1 Å². The van der Waals surface area contributed by atoms with E-state index in [0.717, 1.165) is 0 Å². The third-order valence-electron chi connectivity index (χ3n) is 5.87. The van der Waals surface area contributed by atoms with Gasteiger partial charge in [-0.15, -0.1) is 0 Å². The zero-order chi connectivity index (χ0) is 21.2. The molecule has 0 saturated heterocycles. The average Bonchev–Trinajstić information content (AvgIpc) is 3.13. The molecule has 160 valence electrons. The lowest BCUT2D eigenvalue weighted by Gasteiger charge is -2.27. The fourth-order valence-corrected chi connectivity index (χ4v) is 3.77. The van der Waals surface area contributed by atoms with E-state index in [2.05, 4.69) is 0 Å². The third kappa shape index (κ3) is 5.17. The van der Waals surface area contributed by atoms with Gasteiger partial charge < -0.3 is 14.2 Å². The Bertz CT molecular complexity index is 618. The number of halogens is 3. The SMILES string of the molecule is CCC(C)(C)C(=O)OCCOC(=O)C12CCC(OC(=O)CC(F)(F)F)(CC1)C2. The van der Waals surface area contributed by atoms with Crippen molar-refractivity contribution in [2.24, 2.45) is 10.8 Å². The van der Waals surface area contributed by atoms with Crippen LogP contribution in [0.25, 0.3) is 0 Å². The summed E-state index contributed by atoms with van der Waals surface area (Å²) < 4.78 is 52.5. The van der Waals surface area contributed by atoms with Crippen molar-refractivity contribution >= 4 is 17.9 Å². The second-order valence-electron chi connectivity index (χ2n) is 8.42. The van der Waals surface area contributed by atoms with Gasteiger partial charge in [0.15, 0.2) is 0 Å². The van der Waals surface area contributed by atoms with E-state index in [4.69, 9.17) is 14.2 Å². The normalized spacial score (nSPS) is 26.8. The number of hydrogen-bond donors (Lipinski definition) is 0. The lowest BCUT2D eigenvalue weighted by Crippen LogP contribution is -2.32. The highest BCUT2D eigenvalue weighted by atomic mass is 19.4. The van der Waals surface area contributed by atoms with Gasteiger partial charge in [-0.2, -0.15) is 13.2 Å². The zero-order valence-corrected chi connectivity index (χ0v) is 16.4. The first kappa shape index (κ1) is 22.5. The molecular weight excluding hydrogens is 381 g/mol. The summed E-state index contributed by atoms with van der Waals surface area (Å²) in [5.74, 6) is -2.17. The second kappa shape index (κ2) is 7.91. The Balaban J connectivity index is 1.81. The molecule has 28 heavy (non-hydrogen) atoms. The Morgan fingerprint density at radius 3 is 2.07 bits per heavy atom. The van der Waals surface area contributed by atoms with Crippen LogP contribution in [-0.4, -0.2) is 42.9 Å². The van der Waals surface area contributed by atoms with Crippen LogP contribution < -0.4 is 0 Å². The Morgan fingerprint density at radius 1 is 0.964 bits per heavy atom. The molecule has 2 aliphatic carbocycles. The van der Waals surface area contributed by atoms with Crippen molar-refractivity contribution in [3.05, 3.63) is 0 Å². The third-order valence-corrected chi connectivity index (χ3v) is 5.87. The maximum absolute atomic E-state index is 12.5. The molecule has 0 aromatic heterocycles. The smallest absolute Gasteiger partial charge is 0.399 e. The molecule has 2 saturated carbocycles. The number of fused-ring (bicyclic) bond motifs is 2. The minimum absolute atomic E-state index is 0.0597. The van der Waals surface area contributed by atoms with Crippen LogP contribution in [0.15, 0.2) is 0 Å². The number of carbonyl (C=O) groups is 3. The van der Waals surface area contributed by atoms with Crippen molar-refractivity contribution in [3.63, 3.8) is 0 Å². The molecule has 0 atom stereocenters. The van der Waals surface area contributed by atoms with E-state index in [1.807, 2.05) is 6.92 Å². The molecule has 0 amide bonds. The maximum atomic E-state index is 12.5. The number of ether oxygens (including phenoxy) is 3. The van der Waals surface area contributed by atoms with Crippen LogP contribution in [0.1, 0.15) is 65.7 Å². The summed E-state index contributed by atoms with van der Waals surface area (Å²) >= 11 is 0. The van der Waals surface area contributed by atoms with Crippen molar-refractivity contribution in [2.45, 2.75) is 77.5 Å². The number of hydrogen-bond acceptors (Lipinski definition) is 6. The molecule has 6 nitrogen and oxygen atoms in total. The zero-order valence-electron chi connectivity index (χ0n) is 16.4. The predicted octanol–water partition coefficient (Wildman–Crippen LogP) is 3.71. The molecular formula is C19H27F3O6. The summed E-state index contributed by atoms with van der Waals surface area (Å²) in [6.45, 7) is 5.24. The highest BCUT2D eigenvalue weighted by Crippen LogP contribution is 2.58. The molecule has 0 N–H and O–H groups in total. The number of esters is 3. The molecule has 0 aromatic rings. The van der Waals surface area contributed by atoms with Crippen molar-refractivity contribution in [1.82, 2.24) is 0 Å². The van der Waals surface area contributed by atoms with Crippen LogP contribution in [-0.2, 0) is 28.6 Å². The van der Waals surface area contributed by atoms with Crippen molar-refractivity contribution in [1.29, 1.82) is 0 Å². The summed E-state index contributed by atoms with van der Waals surface area (Å²) in [7, 11) is 0. The fraction of sp³-hybridized carbons (Fsp3) is 0.842. The number of alkyl halides is 3. The summed E-state index contributed by atoms with van der Waals surface area (Å²) in [4.78, 5) is 35.9. The van der Waals surface area contributed by atoms with E-state index >= 15 is 0 Å². The topological polar surface area (TPSA) is 78.9 Å². The number of rotatable bonds is 8. The first-order valence-electron chi connectivity index (χ1n) is 9.46. The van der Waals surface area contributed by atoms with Crippen LogP contribution in [0.2, 0.25) is 0 Å². The van der Waals surface area contributed by atoms with E-state index in [1.54, 1.807) is 13.8 Å². The van der Waals surface area contributed by atoms with E-state index < -0.39 is 41.0 Å². The van der Waals surface area contributed by atoms with Crippen LogP contribution in [0.3, 0.4) is 0 Å². The molecule has 0 heterocycles. The fourth-order valence-electron chi connectivity index (χ4n) is 3.77. The van der Waals surface area contributed by atoms with Crippen LogP contribution in [0.4, 0.5) is 13.2 Å². The van der Waals surface area contributed by atoms with Gasteiger partial charge in [-0.1, -0.05) is 6.92 Å². The summed E-state index contributed by atoms with van der Waals surface area (Å²) in [5.41, 5.74) is -2.47. The Kier molecular flexibility index (Phi) is 6.35. The monoisotopic (exact) mass is 408 g/mol. The Hall–Kier alpha value is -1.80. The highest BCUT2D eigenvalue weighted by molar-refractivity contribution is 5.79. The molecule has 0 unspecified atom stereocenters. The molecule has 0 aliphatic heterocycles. The molecule has 2 bridgehead atoms. The molecule has 0 aromatic carbocycles. The van der Waals surface area contributed by atoms with Gasteiger partial charge in [-0.3, -0.25) is 14.4 Å². The van der Waals surface area contributed by atoms with Gasteiger partial charge in [-0.05, 0) is 46.0 Å². The van der Waals surface area contributed by atoms with Crippen LogP contribution >= 0.6 is 0 Å². The van der Waals surface area contributed by atoms with Crippen LogP contribution in [0, 0.1) is 10.8 Å². The predicted molar refractivity (Wildman–Crippen MR) is 91.0 cm³/mol. The average molecular weight is 408 g/mol. The molecule has 2 aliphatic rings. The lowest BCUT2D eigenvalue weighted by atomic mass is 9.84. The molecule has 2 rings (SSSR count). The largest absolute Gasteiger partial charge is 0.462 e. The molecule has 2 fully saturated rings. The quantitative estimate of drug-likeness (QED) is 0.346. The highest BCUT2D eigenvalue weighted by Gasteiger charge is 2.61. The van der Waals surface area contributed by atoms with Crippen LogP contribution in [0.5, 0.6) is 0 Å². The Morgan fingerprint density at radius 2 is 1.54 bits per heavy atom. The lowest BCUT2D eigenvalue weighted by molar-refractivity contribution is -0.183. The first-order chi connectivity index (χ1) is 12.8. The second-order valence-corrected chi connectivity index (χ2v) is 8.42. The van der Waals surface area contributed by atoms with Crippen molar-refractivity contribution < 1.29 is 41.8 Å². The van der Waals surface area contributed by atoms with E-state index in [1.165, 1.54) is 0 Å². The maximum Gasteiger partial charge on any atom is 0.399 e. The van der Waals surface area contributed by atoms with E-state index in [9.17, 15) is 27.6 Å².